The minimum absolute atomic E-state index is 0.137. The van der Waals surface area contributed by atoms with Gasteiger partial charge in [-0.3, -0.25) is 9.20 Å². The highest BCUT2D eigenvalue weighted by molar-refractivity contribution is 7.15. The molecule has 1 N–H and O–H groups in total. The lowest BCUT2D eigenvalue weighted by Crippen LogP contribution is -2.26. The lowest BCUT2D eigenvalue weighted by atomic mass is 9.96. The van der Waals surface area contributed by atoms with Crippen LogP contribution < -0.4 is 10.2 Å². The molecule has 0 bridgehead atoms. The highest BCUT2D eigenvalue weighted by Crippen LogP contribution is 2.34. The topological polar surface area (TPSA) is 68.0 Å². The van der Waals surface area contributed by atoms with Crippen molar-refractivity contribution in [2.75, 3.05) is 0 Å². The highest BCUT2D eigenvalue weighted by Gasteiger charge is 2.26. The summed E-state index contributed by atoms with van der Waals surface area (Å²) in [4.78, 5) is 17.7. The summed E-state index contributed by atoms with van der Waals surface area (Å²) < 4.78 is 8.09. The number of carbonyl (C=O) groups is 1. The number of imidazole rings is 1. The fraction of sp³-hybridized carbons (Fsp3) is 0.136. The number of ether oxygens (including phenoxy) is 1. The van der Waals surface area contributed by atoms with Gasteiger partial charge in [0.15, 0.2) is 4.96 Å². The lowest BCUT2D eigenvalue weighted by Gasteiger charge is -2.27. The van der Waals surface area contributed by atoms with Gasteiger partial charge in [-0.25, -0.2) is 10.4 Å². The zero-order valence-electron chi connectivity index (χ0n) is 15.5. The van der Waals surface area contributed by atoms with Crippen LogP contribution in [0.3, 0.4) is 0 Å². The van der Waals surface area contributed by atoms with E-state index in [4.69, 9.17) is 4.74 Å². The molecule has 0 radical (unpaired) electrons. The van der Waals surface area contributed by atoms with E-state index in [1.807, 2.05) is 76.8 Å². The molecule has 0 spiro atoms. The van der Waals surface area contributed by atoms with Crippen LogP contribution in [0.25, 0.3) is 4.96 Å². The van der Waals surface area contributed by atoms with Crippen LogP contribution in [-0.4, -0.2) is 21.0 Å². The van der Waals surface area contributed by atoms with Crippen LogP contribution in [-0.2, 0) is 11.2 Å². The second-order valence-electron chi connectivity index (χ2n) is 6.81. The van der Waals surface area contributed by atoms with E-state index in [0.29, 0.717) is 6.42 Å². The summed E-state index contributed by atoms with van der Waals surface area (Å²) >= 11 is 1.54. The fourth-order valence-corrected chi connectivity index (χ4v) is 4.16. The third kappa shape index (κ3) is 3.64. The van der Waals surface area contributed by atoms with Crippen LogP contribution in [0.4, 0.5) is 0 Å². The molecule has 0 fully saturated rings. The third-order valence-corrected chi connectivity index (χ3v) is 5.59. The van der Waals surface area contributed by atoms with Crippen molar-refractivity contribution in [3.63, 3.8) is 0 Å². The number of amides is 1. The molecule has 1 atom stereocenters. The van der Waals surface area contributed by atoms with Gasteiger partial charge in [0.25, 0.3) is 0 Å². The van der Waals surface area contributed by atoms with Crippen LogP contribution in [0.2, 0.25) is 0 Å². The normalized spacial score (nSPS) is 17.1. The first-order chi connectivity index (χ1) is 14.3. The SMILES string of the molecule is O=C(Cc1cn2ccsc2n1)N/N=C1/C[C@@H](c2ccccc2)Oc2ccccc21. The van der Waals surface area contributed by atoms with E-state index < -0.39 is 0 Å². The number of thiazole rings is 1. The van der Waals surface area contributed by atoms with Gasteiger partial charge in [0, 0.05) is 29.8 Å². The molecule has 3 heterocycles. The Balaban J connectivity index is 1.35. The molecule has 1 amide bonds. The van der Waals surface area contributed by atoms with Crippen LogP contribution in [0.5, 0.6) is 5.75 Å². The summed E-state index contributed by atoms with van der Waals surface area (Å²) in [5.41, 5.74) is 6.22. The smallest absolute Gasteiger partial charge is 0.246 e. The zero-order chi connectivity index (χ0) is 19.6. The summed E-state index contributed by atoms with van der Waals surface area (Å²) in [7, 11) is 0. The van der Waals surface area contributed by atoms with Gasteiger partial charge in [-0.05, 0) is 17.7 Å². The number of carbonyl (C=O) groups excluding carboxylic acids is 1. The minimum atomic E-state index is -0.191. The number of nitrogens with one attached hydrogen (secondary N) is 1. The van der Waals surface area contributed by atoms with Gasteiger partial charge in [0.2, 0.25) is 5.91 Å². The first kappa shape index (κ1) is 17.6. The van der Waals surface area contributed by atoms with E-state index in [0.717, 1.165) is 33.2 Å². The van der Waals surface area contributed by atoms with Crippen molar-refractivity contribution in [3.05, 3.63) is 89.2 Å². The summed E-state index contributed by atoms with van der Waals surface area (Å²) in [5.74, 6) is 0.582. The predicted octanol–water partition coefficient (Wildman–Crippen LogP) is 3.98. The van der Waals surface area contributed by atoms with Crippen molar-refractivity contribution < 1.29 is 9.53 Å². The van der Waals surface area contributed by atoms with Crippen LogP contribution in [0.1, 0.15) is 29.3 Å². The molecule has 4 aromatic rings. The molecule has 1 aliphatic rings. The van der Waals surface area contributed by atoms with Gasteiger partial charge in [-0.15, -0.1) is 11.3 Å². The Morgan fingerprint density at radius 2 is 2.03 bits per heavy atom. The Labute approximate surface area is 171 Å². The molecule has 0 aliphatic carbocycles. The van der Waals surface area contributed by atoms with Crippen LogP contribution >= 0.6 is 11.3 Å². The van der Waals surface area contributed by atoms with Gasteiger partial charge < -0.3 is 4.74 Å². The number of aromatic nitrogens is 2. The average molecular weight is 402 g/mol. The second-order valence-corrected chi connectivity index (χ2v) is 7.69. The van der Waals surface area contributed by atoms with Crippen molar-refractivity contribution in [2.45, 2.75) is 18.9 Å². The maximum atomic E-state index is 12.4. The molecule has 0 unspecified atom stereocenters. The first-order valence-electron chi connectivity index (χ1n) is 9.34. The maximum absolute atomic E-state index is 12.4. The number of hydrogen-bond acceptors (Lipinski definition) is 5. The van der Waals surface area contributed by atoms with Gasteiger partial charge in [-0.1, -0.05) is 42.5 Å². The standard InChI is InChI=1S/C22H18N4O2S/c27-21(12-16-14-26-10-11-29-22(26)23-16)25-24-18-13-20(15-6-2-1-3-7-15)28-19-9-5-4-8-17(18)19/h1-11,14,20H,12-13H2,(H,25,27)/b24-18-/t20-/m0/s1. The zero-order valence-corrected chi connectivity index (χ0v) is 16.3. The van der Waals surface area contributed by atoms with Crippen molar-refractivity contribution >= 4 is 27.9 Å². The Morgan fingerprint density at radius 3 is 2.90 bits per heavy atom. The first-order valence-corrected chi connectivity index (χ1v) is 10.2. The minimum Gasteiger partial charge on any atom is -0.485 e. The van der Waals surface area contributed by atoms with Gasteiger partial charge in [0.05, 0.1) is 17.8 Å². The molecule has 0 saturated heterocycles. The molecule has 2 aromatic carbocycles. The molecule has 0 saturated carbocycles. The molecule has 1 aliphatic heterocycles. The van der Waals surface area contributed by atoms with E-state index in [2.05, 4.69) is 15.5 Å². The average Bonchev–Trinajstić information content (AvgIpc) is 3.34. The number of para-hydroxylation sites is 1. The van der Waals surface area contributed by atoms with E-state index in [1.54, 1.807) is 11.3 Å². The fourth-order valence-electron chi connectivity index (χ4n) is 3.44. The van der Waals surface area contributed by atoms with Gasteiger partial charge >= 0.3 is 0 Å². The van der Waals surface area contributed by atoms with Crippen molar-refractivity contribution in [1.29, 1.82) is 0 Å². The number of benzene rings is 2. The Kier molecular flexibility index (Phi) is 4.57. The molecule has 2 aromatic heterocycles. The van der Waals surface area contributed by atoms with E-state index in [1.165, 1.54) is 0 Å². The number of hydrazone groups is 1. The Bertz CT molecular complexity index is 1170. The van der Waals surface area contributed by atoms with Crippen molar-refractivity contribution in [3.8, 4) is 5.75 Å². The molecule has 6 nitrogen and oxygen atoms in total. The second kappa shape index (κ2) is 7.52. The molecule has 29 heavy (non-hydrogen) atoms. The quantitative estimate of drug-likeness (QED) is 0.525. The summed E-state index contributed by atoms with van der Waals surface area (Å²) in [6, 6.07) is 17.8. The van der Waals surface area contributed by atoms with E-state index in [-0.39, 0.29) is 18.4 Å². The molecule has 5 rings (SSSR count). The summed E-state index contributed by atoms with van der Waals surface area (Å²) in [5, 5.41) is 6.41. The number of nitrogens with zero attached hydrogens (tertiary/aromatic N) is 3. The molecule has 7 heteroatoms. The predicted molar refractivity (Wildman–Crippen MR) is 112 cm³/mol. The number of hydrogen-bond donors (Lipinski definition) is 1. The van der Waals surface area contributed by atoms with Crippen molar-refractivity contribution in [1.82, 2.24) is 14.8 Å². The van der Waals surface area contributed by atoms with Crippen LogP contribution in [0, 0.1) is 0 Å². The third-order valence-electron chi connectivity index (χ3n) is 4.82. The monoisotopic (exact) mass is 402 g/mol. The van der Waals surface area contributed by atoms with E-state index >= 15 is 0 Å². The maximum Gasteiger partial charge on any atom is 0.246 e. The Hall–Kier alpha value is -3.45. The lowest BCUT2D eigenvalue weighted by molar-refractivity contribution is -0.120. The van der Waals surface area contributed by atoms with Gasteiger partial charge in [0.1, 0.15) is 11.9 Å². The summed E-state index contributed by atoms with van der Waals surface area (Å²) in [6.07, 6.45) is 4.43. The number of rotatable bonds is 4. The molecular weight excluding hydrogens is 384 g/mol. The van der Waals surface area contributed by atoms with E-state index in [9.17, 15) is 4.79 Å². The van der Waals surface area contributed by atoms with Gasteiger partial charge in [-0.2, -0.15) is 5.10 Å². The molecular formula is C22H18N4O2S. The Morgan fingerprint density at radius 1 is 1.21 bits per heavy atom. The van der Waals surface area contributed by atoms with Crippen LogP contribution in [0.15, 0.2) is 77.5 Å². The number of fused-ring (bicyclic) bond motifs is 2. The largest absolute Gasteiger partial charge is 0.485 e. The van der Waals surface area contributed by atoms with Crippen molar-refractivity contribution in [2.24, 2.45) is 5.10 Å². The summed E-state index contributed by atoms with van der Waals surface area (Å²) in [6.45, 7) is 0. The highest BCUT2D eigenvalue weighted by atomic mass is 32.1. The molecule has 144 valence electrons.